The Balaban J connectivity index is 1.41. The maximum absolute atomic E-state index is 12.7. The number of amides is 1. The highest BCUT2D eigenvalue weighted by Crippen LogP contribution is 2.36. The van der Waals surface area contributed by atoms with E-state index in [0.29, 0.717) is 15.4 Å². The molecular formula is C17H20N6OS3. The van der Waals surface area contributed by atoms with Crippen molar-refractivity contribution in [2.24, 2.45) is 0 Å². The molecule has 142 valence electrons. The molecule has 0 aromatic carbocycles. The number of thiophene rings is 1. The van der Waals surface area contributed by atoms with Crippen LogP contribution >= 0.6 is 34.6 Å². The molecule has 0 spiro atoms. The molecule has 1 aliphatic heterocycles. The van der Waals surface area contributed by atoms with Gasteiger partial charge in [0.2, 0.25) is 0 Å². The first-order valence-electron chi connectivity index (χ1n) is 8.53. The number of carbonyl (C=O) groups is 1. The quantitative estimate of drug-likeness (QED) is 0.626. The fraction of sp³-hybridized carbons (Fsp3) is 0.412. The molecule has 1 aliphatic rings. The minimum atomic E-state index is -0.132. The number of aryl methyl sites for hydroxylation is 4. The largest absolute Gasteiger partial charge is 0.397 e. The molecule has 1 saturated heterocycles. The minimum absolute atomic E-state index is 0.123. The van der Waals surface area contributed by atoms with E-state index in [1.54, 1.807) is 23.3 Å². The normalized spacial score (nSPS) is 15.3. The first-order valence-corrected chi connectivity index (χ1v) is 10.9. The summed E-state index contributed by atoms with van der Waals surface area (Å²) in [4.78, 5) is 18.4. The Morgan fingerprint density at radius 2 is 1.93 bits per heavy atom. The molecule has 4 heterocycles. The van der Waals surface area contributed by atoms with Crippen molar-refractivity contribution in [2.75, 3.05) is 18.8 Å². The van der Waals surface area contributed by atoms with Gasteiger partial charge in [-0.15, -0.1) is 27.8 Å². The predicted molar refractivity (Wildman–Crippen MR) is 112 cm³/mol. The lowest BCUT2D eigenvalue weighted by atomic mass is 10.1. The van der Waals surface area contributed by atoms with Gasteiger partial charge in [-0.25, -0.2) is 9.29 Å². The number of aromatic nitrogens is 3. The summed E-state index contributed by atoms with van der Waals surface area (Å²) in [5, 5.41) is 13.3. The third-order valence-corrected chi connectivity index (χ3v) is 8.04. The van der Waals surface area contributed by atoms with E-state index < -0.39 is 0 Å². The number of carbonyl (C=O) groups excluding carboxylic acids is 1. The smallest absolute Gasteiger partial charge is 0.263 e. The van der Waals surface area contributed by atoms with Gasteiger partial charge in [-0.05, 0) is 45.2 Å². The van der Waals surface area contributed by atoms with E-state index in [0.717, 1.165) is 40.4 Å². The van der Waals surface area contributed by atoms with Crippen LogP contribution in [-0.4, -0.2) is 44.5 Å². The Labute approximate surface area is 169 Å². The highest BCUT2D eigenvalue weighted by Gasteiger charge is 2.31. The molecule has 7 nitrogen and oxygen atoms in total. The maximum atomic E-state index is 12.7. The van der Waals surface area contributed by atoms with Crippen LogP contribution in [0.4, 0.5) is 5.69 Å². The van der Waals surface area contributed by atoms with Gasteiger partial charge in [-0.2, -0.15) is 5.10 Å². The Hall–Kier alpha value is -1.75. The molecule has 0 aliphatic carbocycles. The van der Waals surface area contributed by atoms with E-state index in [1.165, 1.54) is 15.5 Å². The van der Waals surface area contributed by atoms with Crippen LogP contribution in [0.25, 0.3) is 10.2 Å². The lowest BCUT2D eigenvalue weighted by Crippen LogP contribution is -2.56. The van der Waals surface area contributed by atoms with Crippen molar-refractivity contribution < 1.29 is 4.79 Å². The number of anilines is 1. The second kappa shape index (κ2) is 7.01. The van der Waals surface area contributed by atoms with Crippen molar-refractivity contribution >= 4 is 56.4 Å². The molecule has 4 rings (SSSR count). The molecule has 10 heteroatoms. The number of fused-ring (bicyclic) bond motifs is 1. The zero-order valence-corrected chi connectivity index (χ0v) is 17.9. The summed E-state index contributed by atoms with van der Waals surface area (Å²) in [6.45, 7) is 9.50. The minimum Gasteiger partial charge on any atom is -0.397 e. The predicted octanol–water partition coefficient (Wildman–Crippen LogP) is 3.08. The molecule has 3 aromatic heterocycles. The fourth-order valence-electron chi connectivity index (χ4n) is 2.98. The monoisotopic (exact) mass is 420 g/mol. The van der Waals surface area contributed by atoms with Gasteiger partial charge < -0.3 is 11.1 Å². The molecule has 0 radical (unpaired) electrons. The average molecular weight is 421 g/mol. The van der Waals surface area contributed by atoms with Crippen LogP contribution in [0.3, 0.4) is 0 Å². The van der Waals surface area contributed by atoms with Crippen molar-refractivity contribution in [2.45, 2.75) is 37.9 Å². The van der Waals surface area contributed by atoms with Gasteiger partial charge >= 0.3 is 0 Å². The Morgan fingerprint density at radius 1 is 1.19 bits per heavy atom. The van der Waals surface area contributed by atoms with Crippen LogP contribution in [0.1, 0.15) is 31.6 Å². The molecule has 0 unspecified atom stereocenters. The van der Waals surface area contributed by atoms with Gasteiger partial charge in [0.1, 0.15) is 9.71 Å². The standard InChI is InChI=1S/C17H20N6OS3/c1-7-8(2)21-22-16-12(7)13(18)14(26-16)15(24)20-11-5-23(6-11)27-17-9(3)19-10(4)25-17/h11H,5-6,18H2,1-4H3,(H,20,24). The highest BCUT2D eigenvalue weighted by atomic mass is 32.2. The molecule has 1 fully saturated rings. The molecule has 3 N–H and O–H groups in total. The number of nitrogens with two attached hydrogens (primary N) is 1. The average Bonchev–Trinajstić information content (AvgIpc) is 3.08. The SMILES string of the molecule is Cc1nc(C)c(SN2CC(NC(=O)c3sc4nnc(C)c(C)c4c3N)C2)s1. The van der Waals surface area contributed by atoms with Crippen molar-refractivity contribution in [3.05, 3.63) is 26.8 Å². The number of hydrogen-bond donors (Lipinski definition) is 2. The van der Waals surface area contributed by atoms with Crippen LogP contribution in [0.15, 0.2) is 4.21 Å². The summed E-state index contributed by atoms with van der Waals surface area (Å²) < 4.78 is 3.45. The van der Waals surface area contributed by atoms with Gasteiger partial charge in [0.25, 0.3) is 5.91 Å². The van der Waals surface area contributed by atoms with Crippen LogP contribution in [0, 0.1) is 27.7 Å². The maximum Gasteiger partial charge on any atom is 0.263 e. The summed E-state index contributed by atoms with van der Waals surface area (Å²) in [6, 6.07) is 0.123. The first kappa shape index (κ1) is 18.6. The van der Waals surface area contributed by atoms with Crippen LogP contribution in [0.2, 0.25) is 0 Å². The second-order valence-electron chi connectivity index (χ2n) is 6.65. The summed E-state index contributed by atoms with van der Waals surface area (Å²) in [6.07, 6.45) is 0. The molecule has 27 heavy (non-hydrogen) atoms. The zero-order chi connectivity index (χ0) is 19.3. The van der Waals surface area contributed by atoms with Gasteiger partial charge in [0, 0.05) is 18.5 Å². The third-order valence-electron chi connectivity index (χ3n) is 4.60. The van der Waals surface area contributed by atoms with Crippen LogP contribution < -0.4 is 11.1 Å². The van der Waals surface area contributed by atoms with Gasteiger partial charge in [-0.1, -0.05) is 0 Å². The lowest BCUT2D eigenvalue weighted by Gasteiger charge is -2.37. The Kier molecular flexibility index (Phi) is 4.83. The first-order chi connectivity index (χ1) is 12.8. The molecular weight excluding hydrogens is 400 g/mol. The second-order valence-corrected chi connectivity index (χ2v) is 10.2. The number of nitrogens with one attached hydrogen (secondary N) is 1. The van der Waals surface area contributed by atoms with E-state index in [9.17, 15) is 4.79 Å². The van der Waals surface area contributed by atoms with Gasteiger partial charge in [-0.3, -0.25) is 4.79 Å². The third kappa shape index (κ3) is 3.42. The zero-order valence-electron chi connectivity index (χ0n) is 15.5. The molecule has 3 aromatic rings. The molecule has 1 amide bonds. The number of nitrogen functional groups attached to an aromatic ring is 1. The van der Waals surface area contributed by atoms with Crippen molar-refractivity contribution in [3.8, 4) is 0 Å². The summed E-state index contributed by atoms with van der Waals surface area (Å²) in [5.41, 5.74) is 9.64. The van der Waals surface area contributed by atoms with Crippen LogP contribution in [-0.2, 0) is 0 Å². The molecule has 0 bridgehead atoms. The molecule has 0 atom stereocenters. The van der Waals surface area contributed by atoms with E-state index >= 15 is 0 Å². The number of hydrogen-bond acceptors (Lipinski definition) is 9. The summed E-state index contributed by atoms with van der Waals surface area (Å²) >= 11 is 4.72. The topological polar surface area (TPSA) is 97.0 Å². The van der Waals surface area contributed by atoms with Crippen molar-refractivity contribution in [1.82, 2.24) is 24.8 Å². The summed E-state index contributed by atoms with van der Waals surface area (Å²) in [5.74, 6) is -0.132. The van der Waals surface area contributed by atoms with E-state index in [2.05, 4.69) is 24.8 Å². The van der Waals surface area contributed by atoms with E-state index in [1.807, 2.05) is 27.7 Å². The van der Waals surface area contributed by atoms with Crippen molar-refractivity contribution in [3.63, 3.8) is 0 Å². The van der Waals surface area contributed by atoms with Crippen LogP contribution in [0.5, 0.6) is 0 Å². The number of nitrogens with zero attached hydrogens (tertiary/aromatic N) is 4. The highest BCUT2D eigenvalue weighted by molar-refractivity contribution is 7.99. The van der Waals surface area contributed by atoms with Gasteiger partial charge in [0.05, 0.1) is 32.3 Å². The van der Waals surface area contributed by atoms with E-state index in [4.69, 9.17) is 5.73 Å². The number of thiazole rings is 1. The van der Waals surface area contributed by atoms with Gasteiger partial charge in [0.15, 0.2) is 0 Å². The number of rotatable bonds is 4. The Bertz CT molecular complexity index is 1040. The Morgan fingerprint density at radius 3 is 2.59 bits per heavy atom. The van der Waals surface area contributed by atoms with E-state index in [-0.39, 0.29) is 11.9 Å². The van der Waals surface area contributed by atoms with Crippen molar-refractivity contribution in [1.29, 1.82) is 0 Å². The lowest BCUT2D eigenvalue weighted by molar-refractivity contribution is 0.0906. The summed E-state index contributed by atoms with van der Waals surface area (Å²) in [7, 11) is 0. The fourth-order valence-corrected chi connectivity index (χ4v) is 6.38. The molecule has 0 saturated carbocycles.